The number of anilines is 1. The molecule has 2 aromatic rings. The summed E-state index contributed by atoms with van der Waals surface area (Å²) >= 11 is 2.11. The second-order valence-corrected chi connectivity index (χ2v) is 10.2. The number of thioether (sulfide) groups is 1. The number of hydrogen-bond donors (Lipinski definition) is 1. The summed E-state index contributed by atoms with van der Waals surface area (Å²) in [5, 5.41) is 2.60. The van der Waals surface area contributed by atoms with E-state index < -0.39 is 29.6 Å². The van der Waals surface area contributed by atoms with E-state index in [1.54, 1.807) is 31.2 Å². The van der Waals surface area contributed by atoms with Crippen molar-refractivity contribution < 1.29 is 33.4 Å². The number of benzene rings is 1. The minimum absolute atomic E-state index is 0.193. The van der Waals surface area contributed by atoms with E-state index in [0.29, 0.717) is 27.6 Å². The average Bonchev–Trinajstić information content (AvgIpc) is 3.35. The van der Waals surface area contributed by atoms with Gasteiger partial charge in [0.05, 0.1) is 31.3 Å². The molecule has 1 saturated heterocycles. The van der Waals surface area contributed by atoms with E-state index in [9.17, 15) is 19.2 Å². The number of aryl methyl sites for hydroxylation is 1. The lowest BCUT2D eigenvalue weighted by Gasteiger charge is -2.13. The maximum atomic E-state index is 12.9. The van der Waals surface area contributed by atoms with Crippen LogP contribution < -0.4 is 14.8 Å². The first kappa shape index (κ1) is 25.8. The molecule has 0 saturated carbocycles. The summed E-state index contributed by atoms with van der Waals surface area (Å²) in [6, 6.07) is 5.12. The minimum Gasteiger partial charge on any atom is -0.493 e. The van der Waals surface area contributed by atoms with Crippen molar-refractivity contribution >= 4 is 57.2 Å². The monoisotopic (exact) mass is 530 g/mol. The molecule has 0 radical (unpaired) electrons. The number of hydrogen-bond acceptors (Lipinski definition) is 9. The second-order valence-electron chi connectivity index (χ2n) is 8.07. The van der Waals surface area contributed by atoms with Crippen molar-refractivity contribution in [3.8, 4) is 11.5 Å². The largest absolute Gasteiger partial charge is 0.493 e. The van der Waals surface area contributed by atoms with Gasteiger partial charge >= 0.3 is 5.97 Å². The van der Waals surface area contributed by atoms with Crippen LogP contribution >= 0.6 is 23.1 Å². The quantitative estimate of drug-likeness (QED) is 0.392. The molecule has 2 aliphatic rings. The summed E-state index contributed by atoms with van der Waals surface area (Å²) in [6.07, 6.45) is 5.14. The van der Waals surface area contributed by atoms with Crippen molar-refractivity contribution in [1.82, 2.24) is 4.90 Å². The zero-order chi connectivity index (χ0) is 25.8. The van der Waals surface area contributed by atoms with Crippen LogP contribution in [0.2, 0.25) is 0 Å². The normalized spacial score (nSPS) is 16.2. The maximum absolute atomic E-state index is 12.9. The van der Waals surface area contributed by atoms with Gasteiger partial charge in [-0.25, -0.2) is 4.79 Å². The number of amides is 3. The molecule has 1 aromatic carbocycles. The van der Waals surface area contributed by atoms with Crippen molar-refractivity contribution in [2.45, 2.75) is 32.6 Å². The van der Waals surface area contributed by atoms with Crippen molar-refractivity contribution in [2.24, 2.45) is 0 Å². The van der Waals surface area contributed by atoms with Gasteiger partial charge in [0.2, 0.25) is 5.91 Å². The molecule has 2 heterocycles. The first-order chi connectivity index (χ1) is 17.4. The lowest BCUT2D eigenvalue weighted by Crippen LogP contribution is -2.36. The Morgan fingerprint density at radius 2 is 1.86 bits per heavy atom. The Kier molecular flexibility index (Phi) is 8.00. The molecule has 1 aliphatic carbocycles. The van der Waals surface area contributed by atoms with Crippen molar-refractivity contribution in [3.05, 3.63) is 44.7 Å². The van der Waals surface area contributed by atoms with Crippen LogP contribution in [0.5, 0.6) is 11.5 Å². The summed E-state index contributed by atoms with van der Waals surface area (Å²) in [6.45, 7) is 1.49. The highest BCUT2D eigenvalue weighted by molar-refractivity contribution is 8.18. The number of methoxy groups -OCH3 is 2. The molecule has 9 nitrogen and oxygen atoms in total. The van der Waals surface area contributed by atoms with Crippen LogP contribution in [-0.2, 0) is 27.2 Å². The number of nitrogens with zero attached hydrogens (tertiary/aromatic N) is 1. The third-order valence-corrected chi connectivity index (χ3v) is 7.90. The van der Waals surface area contributed by atoms with E-state index >= 15 is 0 Å². The predicted molar refractivity (Wildman–Crippen MR) is 138 cm³/mol. The molecule has 0 bridgehead atoms. The number of carbonyl (C=O) groups excluding carboxylic acids is 4. The third kappa shape index (κ3) is 5.26. The summed E-state index contributed by atoms with van der Waals surface area (Å²) < 4.78 is 15.7. The molecular weight excluding hydrogens is 504 g/mol. The van der Waals surface area contributed by atoms with Crippen LogP contribution in [0.1, 0.15) is 46.1 Å². The van der Waals surface area contributed by atoms with Gasteiger partial charge in [-0.15, -0.1) is 11.3 Å². The van der Waals surface area contributed by atoms with E-state index in [4.69, 9.17) is 14.2 Å². The van der Waals surface area contributed by atoms with Gasteiger partial charge in [0.15, 0.2) is 11.5 Å². The van der Waals surface area contributed by atoms with Crippen molar-refractivity contribution in [1.29, 1.82) is 0 Å². The number of ether oxygens (including phenoxy) is 3. The topological polar surface area (TPSA) is 111 Å². The smallest absolute Gasteiger partial charge is 0.341 e. The predicted octanol–water partition coefficient (Wildman–Crippen LogP) is 4.50. The Bertz CT molecular complexity index is 1250. The molecule has 0 atom stereocenters. The van der Waals surface area contributed by atoms with Crippen molar-refractivity contribution in [3.63, 3.8) is 0 Å². The maximum Gasteiger partial charge on any atom is 0.341 e. The van der Waals surface area contributed by atoms with Gasteiger partial charge in [0.25, 0.3) is 11.1 Å². The van der Waals surface area contributed by atoms with E-state index in [1.165, 1.54) is 25.6 Å². The minimum atomic E-state index is -0.564. The Morgan fingerprint density at radius 1 is 1.11 bits per heavy atom. The highest BCUT2D eigenvalue weighted by atomic mass is 32.2. The SMILES string of the molecule is CCOC(=O)c1c(NC(=O)CN2C(=O)SC(=Cc3ccc(OC)c(OC)c3)C2=O)sc2c1CCCC2. The number of esters is 1. The Labute approximate surface area is 216 Å². The van der Waals surface area contributed by atoms with Crippen LogP contribution in [0.3, 0.4) is 0 Å². The summed E-state index contributed by atoms with van der Waals surface area (Å²) in [5.74, 6) is -0.575. The van der Waals surface area contributed by atoms with Crippen molar-refractivity contribution in [2.75, 3.05) is 32.7 Å². The first-order valence-electron chi connectivity index (χ1n) is 11.4. The molecule has 11 heteroatoms. The number of fused-ring (bicyclic) bond motifs is 1. The summed E-state index contributed by atoms with van der Waals surface area (Å²) in [7, 11) is 3.03. The molecule has 36 heavy (non-hydrogen) atoms. The Morgan fingerprint density at radius 3 is 2.58 bits per heavy atom. The van der Waals surface area contributed by atoms with Crippen LogP contribution in [0, 0.1) is 0 Å². The van der Waals surface area contributed by atoms with E-state index in [2.05, 4.69) is 5.32 Å². The molecule has 1 aliphatic heterocycles. The van der Waals surface area contributed by atoms with Crippen LogP contribution in [0.4, 0.5) is 9.80 Å². The Balaban J connectivity index is 1.50. The van der Waals surface area contributed by atoms with Gasteiger partial charge in [-0.3, -0.25) is 19.3 Å². The van der Waals surface area contributed by atoms with Gasteiger partial charge in [0.1, 0.15) is 11.5 Å². The number of imide groups is 1. The fourth-order valence-electron chi connectivity index (χ4n) is 4.11. The number of nitrogens with one attached hydrogen (secondary N) is 1. The fourth-order valence-corrected chi connectivity index (χ4v) is 6.25. The average molecular weight is 531 g/mol. The number of carbonyl (C=O) groups is 4. The first-order valence-corrected chi connectivity index (χ1v) is 13.1. The third-order valence-electron chi connectivity index (χ3n) is 5.78. The lowest BCUT2D eigenvalue weighted by molar-refractivity contribution is -0.127. The zero-order valence-electron chi connectivity index (χ0n) is 20.2. The fraction of sp³-hybridized carbons (Fsp3) is 0.360. The van der Waals surface area contributed by atoms with Crippen LogP contribution in [0.25, 0.3) is 6.08 Å². The van der Waals surface area contributed by atoms with Crippen LogP contribution in [-0.4, -0.2) is 55.3 Å². The molecule has 1 N–H and O–H groups in total. The lowest BCUT2D eigenvalue weighted by atomic mass is 9.95. The van der Waals surface area contributed by atoms with Crippen LogP contribution in [0.15, 0.2) is 23.1 Å². The molecule has 190 valence electrons. The molecular formula is C25H26N2O7S2. The summed E-state index contributed by atoms with van der Waals surface area (Å²) in [5.41, 5.74) is 1.95. The molecule has 0 spiro atoms. The summed E-state index contributed by atoms with van der Waals surface area (Å²) in [4.78, 5) is 53.1. The zero-order valence-corrected chi connectivity index (χ0v) is 21.8. The number of thiophene rings is 1. The molecule has 1 fully saturated rings. The highest BCUT2D eigenvalue weighted by Crippen LogP contribution is 2.39. The second kappa shape index (κ2) is 11.2. The highest BCUT2D eigenvalue weighted by Gasteiger charge is 2.37. The van der Waals surface area contributed by atoms with E-state index in [1.807, 2.05) is 0 Å². The molecule has 0 unspecified atom stereocenters. The Hall–Kier alpha value is -3.31. The molecule has 4 rings (SSSR count). The van der Waals surface area contributed by atoms with Gasteiger partial charge in [-0.2, -0.15) is 0 Å². The molecule has 1 aromatic heterocycles. The van der Waals surface area contributed by atoms with Gasteiger partial charge in [-0.05, 0) is 73.7 Å². The van der Waals surface area contributed by atoms with Gasteiger partial charge in [-0.1, -0.05) is 6.07 Å². The standard InChI is InChI=1S/C25H26N2O7S2/c1-4-34-24(30)21-15-7-5-6-8-18(15)35-22(21)26-20(28)13-27-23(29)19(36-25(27)31)12-14-9-10-16(32-2)17(11-14)33-3/h9-12H,4-8,13H2,1-3H3,(H,26,28). The molecule has 3 amide bonds. The van der Waals surface area contributed by atoms with Gasteiger partial charge in [0, 0.05) is 4.88 Å². The van der Waals surface area contributed by atoms with E-state index in [0.717, 1.165) is 52.8 Å². The van der Waals surface area contributed by atoms with Gasteiger partial charge < -0.3 is 19.5 Å². The number of rotatable bonds is 8. The van der Waals surface area contributed by atoms with E-state index in [-0.39, 0.29) is 11.5 Å².